The van der Waals surface area contributed by atoms with E-state index in [0.717, 1.165) is 15.8 Å². The van der Waals surface area contributed by atoms with Gasteiger partial charge in [0.05, 0.1) is 15.8 Å². The fourth-order valence-electron chi connectivity index (χ4n) is 3.28. The third-order valence-corrected chi connectivity index (χ3v) is 6.04. The maximum Gasteiger partial charge on any atom is 0.261 e. The normalized spacial score (nSPS) is 15.1. The van der Waals surface area contributed by atoms with Crippen LogP contribution in [-0.2, 0) is 9.53 Å². The minimum atomic E-state index is -1.09. The molecule has 0 bridgehead atoms. The number of ketones is 1. The fraction of sp³-hybridized carbons (Fsp3) is 0.227. The number of allylic oxidation sites excluding steroid dienone is 1. The number of para-hydroxylation sites is 1. The lowest BCUT2D eigenvalue weighted by atomic mass is 9.94. The Bertz CT molecular complexity index is 1070. The van der Waals surface area contributed by atoms with Crippen LogP contribution in [0.2, 0.25) is 0 Å². The Labute approximate surface area is 167 Å². The van der Waals surface area contributed by atoms with Crippen LogP contribution in [-0.4, -0.2) is 33.8 Å². The predicted molar refractivity (Wildman–Crippen MR) is 110 cm³/mol. The van der Waals surface area contributed by atoms with Crippen LogP contribution in [0.5, 0.6) is 0 Å². The molecule has 0 saturated carbocycles. The molecular weight excluding hydrogens is 372 g/mol. The Morgan fingerprint density at radius 2 is 1.79 bits per heavy atom. The maximum atomic E-state index is 13.3. The van der Waals surface area contributed by atoms with Crippen LogP contribution >= 0.6 is 11.3 Å². The maximum absolute atomic E-state index is 13.3. The van der Waals surface area contributed by atoms with Gasteiger partial charge in [0.25, 0.3) is 5.91 Å². The summed E-state index contributed by atoms with van der Waals surface area (Å²) < 4.78 is 6.72. The smallest absolute Gasteiger partial charge is 0.261 e. The van der Waals surface area contributed by atoms with E-state index in [1.165, 1.54) is 16.2 Å². The molecule has 0 radical (unpaired) electrons. The van der Waals surface area contributed by atoms with E-state index in [-0.39, 0.29) is 18.4 Å². The minimum absolute atomic E-state index is 0.0324. The average molecular weight is 392 g/mol. The topological polar surface area (TPSA) is 59.5 Å². The van der Waals surface area contributed by atoms with Crippen LogP contribution in [0.15, 0.2) is 60.4 Å². The number of ether oxygens (including phenoxy) is 1. The van der Waals surface area contributed by atoms with Crippen molar-refractivity contribution in [1.82, 2.24) is 9.88 Å². The van der Waals surface area contributed by atoms with Crippen molar-refractivity contribution in [1.29, 1.82) is 0 Å². The molecule has 4 rings (SSSR count). The van der Waals surface area contributed by atoms with Gasteiger partial charge in [-0.15, -0.1) is 11.3 Å². The second-order valence-electron chi connectivity index (χ2n) is 7.18. The number of benzene rings is 2. The third kappa shape index (κ3) is 2.99. The SMILES string of the molecule is CC1=C(c2ccccc2)C(=O)N(C(C)(C)C(=O)c2nc3ccccc3s2)CO1. The highest BCUT2D eigenvalue weighted by Crippen LogP contribution is 2.33. The van der Waals surface area contributed by atoms with E-state index in [9.17, 15) is 9.59 Å². The molecule has 1 aliphatic rings. The highest BCUT2D eigenvalue weighted by molar-refractivity contribution is 7.20. The van der Waals surface area contributed by atoms with Crippen molar-refractivity contribution in [3.8, 4) is 0 Å². The molecule has 0 N–H and O–H groups in total. The van der Waals surface area contributed by atoms with E-state index >= 15 is 0 Å². The molecule has 0 spiro atoms. The molecule has 1 amide bonds. The summed E-state index contributed by atoms with van der Waals surface area (Å²) in [5.41, 5.74) is 0.953. The molecule has 2 heterocycles. The van der Waals surface area contributed by atoms with Crippen molar-refractivity contribution in [2.75, 3.05) is 6.73 Å². The number of nitrogens with zero attached hydrogens (tertiary/aromatic N) is 2. The Morgan fingerprint density at radius 3 is 2.50 bits per heavy atom. The van der Waals surface area contributed by atoms with Gasteiger partial charge >= 0.3 is 0 Å². The van der Waals surface area contributed by atoms with Gasteiger partial charge < -0.3 is 4.74 Å². The fourth-order valence-corrected chi connectivity index (χ4v) is 4.34. The van der Waals surface area contributed by atoms with E-state index in [1.807, 2.05) is 54.6 Å². The Kier molecular flexibility index (Phi) is 4.51. The number of Topliss-reactive ketones (excluding diaryl/α,β-unsaturated/α-hetero) is 1. The highest BCUT2D eigenvalue weighted by atomic mass is 32.1. The van der Waals surface area contributed by atoms with Crippen LogP contribution in [0.25, 0.3) is 15.8 Å². The number of carbonyl (C=O) groups is 2. The van der Waals surface area contributed by atoms with Crippen LogP contribution in [0.4, 0.5) is 0 Å². The molecule has 142 valence electrons. The zero-order valence-corrected chi connectivity index (χ0v) is 16.7. The minimum Gasteiger partial charge on any atom is -0.477 e. The van der Waals surface area contributed by atoms with Gasteiger partial charge in [-0.3, -0.25) is 14.5 Å². The molecule has 0 fully saturated rings. The Hall–Kier alpha value is -2.99. The standard InChI is InChI=1S/C22H20N2O3S/c1-14-18(15-9-5-4-6-10-15)21(26)24(13-27-14)22(2,3)19(25)20-23-16-11-7-8-12-17(16)28-20/h4-12H,13H2,1-3H3. The third-order valence-electron chi connectivity index (χ3n) is 5.00. The molecule has 2 aromatic carbocycles. The van der Waals surface area contributed by atoms with Crippen LogP contribution < -0.4 is 0 Å². The highest BCUT2D eigenvalue weighted by Gasteiger charge is 2.43. The average Bonchev–Trinajstić information content (AvgIpc) is 3.12. The molecule has 0 atom stereocenters. The molecule has 6 heteroatoms. The van der Waals surface area contributed by atoms with E-state index in [0.29, 0.717) is 16.3 Å². The predicted octanol–water partition coefficient (Wildman–Crippen LogP) is 4.51. The van der Waals surface area contributed by atoms with Gasteiger partial charge in [0.15, 0.2) is 11.7 Å². The largest absolute Gasteiger partial charge is 0.477 e. The lowest BCUT2D eigenvalue weighted by Gasteiger charge is -2.39. The van der Waals surface area contributed by atoms with Crippen molar-refractivity contribution < 1.29 is 14.3 Å². The lowest BCUT2D eigenvalue weighted by Crippen LogP contribution is -2.55. The summed E-state index contributed by atoms with van der Waals surface area (Å²) in [5.74, 6) is 0.155. The van der Waals surface area contributed by atoms with Crippen molar-refractivity contribution in [2.45, 2.75) is 26.3 Å². The quantitative estimate of drug-likeness (QED) is 0.613. The van der Waals surface area contributed by atoms with Gasteiger partial charge in [0, 0.05) is 0 Å². The number of aromatic nitrogens is 1. The summed E-state index contributed by atoms with van der Waals surface area (Å²) in [5, 5.41) is 0.395. The van der Waals surface area contributed by atoms with Gasteiger partial charge in [0.2, 0.25) is 5.78 Å². The number of rotatable bonds is 4. The first-order chi connectivity index (χ1) is 13.4. The first-order valence-corrected chi connectivity index (χ1v) is 9.82. The lowest BCUT2D eigenvalue weighted by molar-refractivity contribution is -0.136. The molecule has 1 aliphatic heterocycles. The first kappa shape index (κ1) is 18.4. The summed E-state index contributed by atoms with van der Waals surface area (Å²) in [4.78, 5) is 32.5. The molecule has 3 aromatic rings. The molecule has 1 aromatic heterocycles. The van der Waals surface area contributed by atoms with Gasteiger partial charge in [-0.05, 0) is 38.5 Å². The summed E-state index contributed by atoms with van der Waals surface area (Å²) in [6.07, 6.45) is 0. The Balaban J connectivity index is 1.69. The molecule has 0 unspecified atom stereocenters. The number of amides is 1. The van der Waals surface area contributed by atoms with E-state index in [4.69, 9.17) is 4.74 Å². The van der Waals surface area contributed by atoms with Gasteiger partial charge in [-0.1, -0.05) is 42.5 Å². The monoisotopic (exact) mass is 392 g/mol. The van der Waals surface area contributed by atoms with Crippen molar-refractivity contribution in [3.05, 3.63) is 70.9 Å². The van der Waals surface area contributed by atoms with Gasteiger partial charge in [-0.2, -0.15) is 0 Å². The molecular formula is C22H20N2O3S. The molecule has 5 nitrogen and oxygen atoms in total. The second-order valence-corrected chi connectivity index (χ2v) is 8.21. The number of thiazole rings is 1. The van der Waals surface area contributed by atoms with Crippen LogP contribution in [0, 0.1) is 0 Å². The van der Waals surface area contributed by atoms with Gasteiger partial charge in [0.1, 0.15) is 11.3 Å². The number of hydrogen-bond donors (Lipinski definition) is 0. The van der Waals surface area contributed by atoms with Gasteiger partial charge in [-0.25, -0.2) is 4.98 Å². The van der Waals surface area contributed by atoms with Crippen LogP contribution in [0.1, 0.15) is 36.1 Å². The van der Waals surface area contributed by atoms with Crippen molar-refractivity contribution in [3.63, 3.8) is 0 Å². The number of hydrogen-bond acceptors (Lipinski definition) is 5. The second kappa shape index (κ2) is 6.87. The summed E-state index contributed by atoms with van der Waals surface area (Å²) in [6, 6.07) is 17.0. The zero-order valence-electron chi connectivity index (χ0n) is 15.9. The Morgan fingerprint density at radius 1 is 1.11 bits per heavy atom. The summed E-state index contributed by atoms with van der Waals surface area (Å²) in [7, 11) is 0. The summed E-state index contributed by atoms with van der Waals surface area (Å²) >= 11 is 1.34. The van der Waals surface area contributed by atoms with Crippen molar-refractivity contribution >= 4 is 38.8 Å². The zero-order chi connectivity index (χ0) is 19.9. The van der Waals surface area contributed by atoms with Crippen molar-refractivity contribution in [2.24, 2.45) is 0 Å². The van der Waals surface area contributed by atoms with E-state index in [2.05, 4.69) is 4.98 Å². The molecule has 0 aliphatic carbocycles. The number of carbonyl (C=O) groups excluding carboxylic acids is 2. The van der Waals surface area contributed by atoms with E-state index < -0.39 is 5.54 Å². The summed E-state index contributed by atoms with van der Waals surface area (Å²) in [6.45, 7) is 5.29. The molecule has 28 heavy (non-hydrogen) atoms. The number of fused-ring (bicyclic) bond motifs is 1. The molecule has 0 saturated heterocycles. The van der Waals surface area contributed by atoms with Crippen LogP contribution in [0.3, 0.4) is 0 Å². The van der Waals surface area contributed by atoms with E-state index in [1.54, 1.807) is 20.8 Å². The first-order valence-electron chi connectivity index (χ1n) is 9.01.